The zero-order valence-electron chi connectivity index (χ0n) is 10.1. The maximum Gasteiger partial charge on any atom is 0.185 e. The molecule has 4 heteroatoms. The molecule has 2 fully saturated rings. The lowest BCUT2D eigenvalue weighted by Crippen LogP contribution is -2.46. The van der Waals surface area contributed by atoms with Gasteiger partial charge in [-0.1, -0.05) is 12.8 Å². The monoisotopic (exact) mass is 270 g/mol. The van der Waals surface area contributed by atoms with Crippen LogP contribution in [0.2, 0.25) is 0 Å². The molecule has 0 unspecified atom stereocenters. The van der Waals surface area contributed by atoms with Gasteiger partial charge in [0.25, 0.3) is 0 Å². The van der Waals surface area contributed by atoms with Gasteiger partial charge in [-0.15, -0.1) is 22.9 Å². The molecule has 1 saturated heterocycles. The van der Waals surface area contributed by atoms with Crippen LogP contribution in [-0.2, 0) is 5.88 Å². The third-order valence-corrected chi connectivity index (χ3v) is 5.37. The second kappa shape index (κ2) is 5.15. The minimum absolute atomic E-state index is 0.540. The first kappa shape index (κ1) is 11.8. The minimum Gasteiger partial charge on any atom is -0.345 e. The molecule has 2 nitrogen and oxygen atoms in total. The van der Waals surface area contributed by atoms with Gasteiger partial charge in [-0.05, 0) is 31.6 Å². The van der Waals surface area contributed by atoms with Gasteiger partial charge in [-0.25, -0.2) is 4.98 Å². The van der Waals surface area contributed by atoms with Crippen molar-refractivity contribution in [3.05, 3.63) is 11.1 Å². The predicted octanol–water partition coefficient (Wildman–Crippen LogP) is 4.04. The Bertz CT molecular complexity index is 377. The van der Waals surface area contributed by atoms with Crippen LogP contribution in [0, 0.1) is 5.92 Å². The van der Waals surface area contributed by atoms with Gasteiger partial charge in [-0.3, -0.25) is 0 Å². The SMILES string of the molecule is ClCc1csc(N2CCC[C@H]3CCCC[C@H]32)n1. The molecule has 0 radical (unpaired) electrons. The predicted molar refractivity (Wildman–Crippen MR) is 74.0 cm³/mol. The van der Waals surface area contributed by atoms with Gasteiger partial charge < -0.3 is 4.90 Å². The molecule has 1 saturated carbocycles. The summed E-state index contributed by atoms with van der Waals surface area (Å²) in [5.41, 5.74) is 1.03. The number of rotatable bonds is 2. The van der Waals surface area contributed by atoms with Crippen LogP contribution in [-0.4, -0.2) is 17.6 Å². The number of halogens is 1. The number of anilines is 1. The quantitative estimate of drug-likeness (QED) is 0.754. The minimum atomic E-state index is 0.540. The molecule has 17 heavy (non-hydrogen) atoms. The number of hydrogen-bond donors (Lipinski definition) is 0. The maximum atomic E-state index is 5.84. The van der Waals surface area contributed by atoms with E-state index >= 15 is 0 Å². The van der Waals surface area contributed by atoms with Crippen molar-refractivity contribution in [2.75, 3.05) is 11.4 Å². The van der Waals surface area contributed by atoms with E-state index in [1.54, 1.807) is 11.3 Å². The van der Waals surface area contributed by atoms with Crippen LogP contribution in [0.1, 0.15) is 44.2 Å². The van der Waals surface area contributed by atoms with Crippen molar-refractivity contribution in [3.8, 4) is 0 Å². The fraction of sp³-hybridized carbons (Fsp3) is 0.769. The number of aromatic nitrogens is 1. The third-order valence-electron chi connectivity index (χ3n) is 4.17. The van der Waals surface area contributed by atoms with Gasteiger partial charge >= 0.3 is 0 Å². The molecule has 3 rings (SSSR count). The normalized spacial score (nSPS) is 29.1. The molecule has 1 aromatic rings. The van der Waals surface area contributed by atoms with Crippen LogP contribution in [0.5, 0.6) is 0 Å². The van der Waals surface area contributed by atoms with Crippen LogP contribution >= 0.6 is 22.9 Å². The molecule has 0 amide bonds. The van der Waals surface area contributed by atoms with Gasteiger partial charge in [0, 0.05) is 18.0 Å². The van der Waals surface area contributed by atoms with Gasteiger partial charge in [0.2, 0.25) is 0 Å². The second-order valence-corrected chi connectivity index (χ2v) is 6.31. The summed E-state index contributed by atoms with van der Waals surface area (Å²) in [7, 11) is 0. The van der Waals surface area contributed by atoms with E-state index in [-0.39, 0.29) is 0 Å². The molecular weight excluding hydrogens is 252 g/mol. The Morgan fingerprint density at radius 3 is 2.94 bits per heavy atom. The van der Waals surface area contributed by atoms with E-state index in [1.807, 2.05) is 0 Å². The van der Waals surface area contributed by atoms with E-state index in [0.29, 0.717) is 5.88 Å². The van der Waals surface area contributed by atoms with Crippen molar-refractivity contribution < 1.29 is 0 Å². The van der Waals surface area contributed by atoms with Crippen LogP contribution in [0.25, 0.3) is 0 Å². The van der Waals surface area contributed by atoms with Crippen LogP contribution in [0.3, 0.4) is 0 Å². The molecule has 2 heterocycles. The van der Waals surface area contributed by atoms with E-state index in [9.17, 15) is 0 Å². The molecule has 94 valence electrons. The average molecular weight is 271 g/mol. The smallest absolute Gasteiger partial charge is 0.185 e. The van der Waals surface area contributed by atoms with Crippen molar-refractivity contribution in [2.24, 2.45) is 5.92 Å². The lowest BCUT2D eigenvalue weighted by molar-refractivity contribution is 0.243. The number of nitrogens with zero attached hydrogens (tertiary/aromatic N) is 2. The maximum absolute atomic E-state index is 5.84. The Morgan fingerprint density at radius 1 is 1.29 bits per heavy atom. The molecule has 0 aromatic carbocycles. The summed E-state index contributed by atoms with van der Waals surface area (Å²) in [5.74, 6) is 1.46. The highest BCUT2D eigenvalue weighted by Gasteiger charge is 2.34. The van der Waals surface area contributed by atoms with Gasteiger partial charge in [0.1, 0.15) is 0 Å². The Hall–Kier alpha value is -0.280. The summed E-state index contributed by atoms with van der Waals surface area (Å²) in [5, 5.41) is 3.31. The number of fused-ring (bicyclic) bond motifs is 1. The van der Waals surface area contributed by atoms with Gasteiger partial charge in [-0.2, -0.15) is 0 Å². The standard InChI is InChI=1S/C13H19ClN2S/c14-8-11-9-17-13(15-11)16-7-3-5-10-4-1-2-6-12(10)16/h9-10,12H,1-8H2/t10-,12-/m1/s1. The van der Waals surface area contributed by atoms with Crippen molar-refractivity contribution in [3.63, 3.8) is 0 Å². The Morgan fingerprint density at radius 2 is 2.12 bits per heavy atom. The summed E-state index contributed by atoms with van der Waals surface area (Å²) >= 11 is 7.61. The fourth-order valence-electron chi connectivity index (χ4n) is 3.35. The Labute approximate surface area is 112 Å². The van der Waals surface area contributed by atoms with Crippen molar-refractivity contribution >= 4 is 28.1 Å². The van der Waals surface area contributed by atoms with Crippen molar-refractivity contribution in [1.29, 1.82) is 0 Å². The first-order valence-corrected chi connectivity index (χ1v) is 8.07. The molecule has 0 spiro atoms. The third kappa shape index (κ3) is 2.32. The summed E-state index contributed by atoms with van der Waals surface area (Å²) < 4.78 is 0. The lowest BCUT2D eigenvalue weighted by atomic mass is 9.78. The molecule has 1 aliphatic carbocycles. The molecule has 1 aromatic heterocycles. The molecule has 0 bridgehead atoms. The largest absolute Gasteiger partial charge is 0.345 e. The van der Waals surface area contributed by atoms with E-state index < -0.39 is 0 Å². The summed E-state index contributed by atoms with van der Waals surface area (Å²) in [6.07, 6.45) is 8.37. The second-order valence-electron chi connectivity index (χ2n) is 5.20. The zero-order chi connectivity index (χ0) is 11.7. The molecule has 0 N–H and O–H groups in total. The van der Waals surface area contributed by atoms with Crippen LogP contribution in [0.15, 0.2) is 5.38 Å². The highest BCUT2D eigenvalue weighted by molar-refractivity contribution is 7.13. The van der Waals surface area contributed by atoms with E-state index in [4.69, 9.17) is 11.6 Å². The highest BCUT2D eigenvalue weighted by Crippen LogP contribution is 2.38. The van der Waals surface area contributed by atoms with Crippen molar-refractivity contribution in [1.82, 2.24) is 4.98 Å². The lowest BCUT2D eigenvalue weighted by Gasteiger charge is -2.44. The molecule has 2 aliphatic rings. The van der Waals surface area contributed by atoms with Crippen LogP contribution < -0.4 is 4.90 Å². The zero-order valence-corrected chi connectivity index (χ0v) is 11.6. The van der Waals surface area contributed by atoms with Crippen LogP contribution in [0.4, 0.5) is 5.13 Å². The first-order chi connectivity index (χ1) is 8.38. The summed E-state index contributed by atoms with van der Waals surface area (Å²) in [6, 6.07) is 0.756. The highest BCUT2D eigenvalue weighted by atomic mass is 35.5. The summed E-state index contributed by atoms with van der Waals surface area (Å²) in [6.45, 7) is 1.19. The van der Waals surface area contributed by atoms with E-state index in [2.05, 4.69) is 15.3 Å². The van der Waals surface area contributed by atoms with Gasteiger partial charge in [0.15, 0.2) is 5.13 Å². The fourth-order valence-corrected chi connectivity index (χ4v) is 4.49. The number of hydrogen-bond acceptors (Lipinski definition) is 3. The average Bonchev–Trinajstić information content (AvgIpc) is 2.87. The number of alkyl halides is 1. The van der Waals surface area contributed by atoms with E-state index in [1.165, 1.54) is 50.2 Å². The first-order valence-electron chi connectivity index (χ1n) is 6.65. The molecule has 2 atom stereocenters. The Kier molecular flexibility index (Phi) is 3.57. The summed E-state index contributed by atoms with van der Waals surface area (Å²) in [4.78, 5) is 7.22. The molecule has 1 aliphatic heterocycles. The number of piperidine rings is 1. The van der Waals surface area contributed by atoms with Gasteiger partial charge in [0.05, 0.1) is 11.6 Å². The van der Waals surface area contributed by atoms with E-state index in [0.717, 1.165) is 17.7 Å². The molecular formula is C13H19ClN2S. The van der Waals surface area contributed by atoms with Crippen molar-refractivity contribution in [2.45, 2.75) is 50.4 Å². The Balaban J connectivity index is 1.80. The number of thiazole rings is 1. The topological polar surface area (TPSA) is 16.1 Å².